The number of rotatable bonds is 4. The maximum Gasteiger partial charge on any atom is 0.165 e. The lowest BCUT2D eigenvalue weighted by molar-refractivity contribution is 0.535. The Labute approximate surface area is 113 Å². The molecular weight excluding hydrogens is 238 g/mol. The summed E-state index contributed by atoms with van der Waals surface area (Å²) in [6, 6.07) is 1.94. The SMILES string of the molecule is CCCNc1nc(-c2ccoc2C)nc2c1CCC2. The van der Waals surface area contributed by atoms with Gasteiger partial charge in [-0.3, -0.25) is 0 Å². The largest absolute Gasteiger partial charge is 0.469 e. The Morgan fingerprint density at radius 3 is 2.95 bits per heavy atom. The molecule has 2 aromatic rings. The first-order chi connectivity index (χ1) is 9.29. The number of nitrogens with one attached hydrogen (secondary N) is 1. The summed E-state index contributed by atoms with van der Waals surface area (Å²) in [6.07, 6.45) is 6.12. The molecule has 3 rings (SSSR count). The molecule has 0 unspecified atom stereocenters. The van der Waals surface area contributed by atoms with Gasteiger partial charge >= 0.3 is 0 Å². The monoisotopic (exact) mass is 257 g/mol. The predicted molar refractivity (Wildman–Crippen MR) is 75.3 cm³/mol. The fourth-order valence-electron chi connectivity index (χ4n) is 2.56. The molecule has 0 fully saturated rings. The minimum atomic E-state index is 0.783. The first-order valence-electron chi connectivity index (χ1n) is 6.97. The van der Waals surface area contributed by atoms with Crippen LogP contribution in [-0.4, -0.2) is 16.5 Å². The molecule has 0 aliphatic heterocycles. The Morgan fingerprint density at radius 1 is 1.32 bits per heavy atom. The minimum absolute atomic E-state index is 0.783. The van der Waals surface area contributed by atoms with Gasteiger partial charge in [-0.15, -0.1) is 0 Å². The van der Waals surface area contributed by atoms with Crippen LogP contribution in [0.3, 0.4) is 0 Å². The molecular formula is C15H19N3O. The highest BCUT2D eigenvalue weighted by atomic mass is 16.3. The van der Waals surface area contributed by atoms with Crippen LogP contribution in [0.5, 0.6) is 0 Å². The van der Waals surface area contributed by atoms with Crippen LogP contribution in [0.15, 0.2) is 16.7 Å². The molecule has 1 aliphatic rings. The second-order valence-electron chi connectivity index (χ2n) is 4.99. The molecule has 2 aromatic heterocycles. The first kappa shape index (κ1) is 12.2. The summed E-state index contributed by atoms with van der Waals surface area (Å²) in [6.45, 7) is 5.06. The number of furan rings is 1. The van der Waals surface area contributed by atoms with Crippen LogP contribution in [0.4, 0.5) is 5.82 Å². The lowest BCUT2D eigenvalue weighted by Gasteiger charge is -2.11. The molecule has 4 nitrogen and oxygen atoms in total. The zero-order chi connectivity index (χ0) is 13.2. The second kappa shape index (κ2) is 5.03. The first-order valence-corrected chi connectivity index (χ1v) is 6.97. The highest BCUT2D eigenvalue weighted by Gasteiger charge is 2.20. The van der Waals surface area contributed by atoms with E-state index in [9.17, 15) is 0 Å². The lowest BCUT2D eigenvalue weighted by Crippen LogP contribution is -2.08. The van der Waals surface area contributed by atoms with E-state index in [-0.39, 0.29) is 0 Å². The molecule has 100 valence electrons. The van der Waals surface area contributed by atoms with E-state index >= 15 is 0 Å². The van der Waals surface area contributed by atoms with Gasteiger partial charge in [-0.25, -0.2) is 9.97 Å². The van der Waals surface area contributed by atoms with Gasteiger partial charge in [0, 0.05) is 17.8 Å². The number of hydrogen-bond acceptors (Lipinski definition) is 4. The second-order valence-corrected chi connectivity index (χ2v) is 4.99. The van der Waals surface area contributed by atoms with E-state index in [2.05, 4.69) is 12.2 Å². The van der Waals surface area contributed by atoms with E-state index in [1.165, 1.54) is 17.7 Å². The van der Waals surface area contributed by atoms with Gasteiger partial charge in [0.2, 0.25) is 0 Å². The molecule has 0 atom stereocenters. The standard InChI is InChI=1S/C15H19N3O/c1-3-8-16-14-12-5-4-6-13(12)17-15(18-14)11-7-9-19-10(11)2/h7,9H,3-6,8H2,1-2H3,(H,16,17,18). The predicted octanol–water partition coefficient (Wildman–Crippen LogP) is 3.36. The number of hydrogen-bond donors (Lipinski definition) is 1. The van der Waals surface area contributed by atoms with E-state index in [1.807, 2.05) is 13.0 Å². The Kier molecular flexibility index (Phi) is 3.23. The maximum absolute atomic E-state index is 5.36. The third kappa shape index (κ3) is 2.23. The van der Waals surface area contributed by atoms with Crippen molar-refractivity contribution in [3.8, 4) is 11.4 Å². The van der Waals surface area contributed by atoms with Gasteiger partial charge < -0.3 is 9.73 Å². The molecule has 1 N–H and O–H groups in total. The summed E-state index contributed by atoms with van der Waals surface area (Å²) in [4.78, 5) is 9.42. The Balaban J connectivity index is 2.05. The van der Waals surface area contributed by atoms with E-state index in [0.29, 0.717) is 0 Å². The molecule has 19 heavy (non-hydrogen) atoms. The van der Waals surface area contributed by atoms with Crippen molar-refractivity contribution in [1.82, 2.24) is 9.97 Å². The van der Waals surface area contributed by atoms with Crippen LogP contribution >= 0.6 is 0 Å². The normalized spacial score (nSPS) is 13.6. The van der Waals surface area contributed by atoms with Crippen molar-refractivity contribution < 1.29 is 4.42 Å². The lowest BCUT2D eigenvalue weighted by atomic mass is 10.2. The highest BCUT2D eigenvalue weighted by molar-refractivity contribution is 5.62. The fourth-order valence-corrected chi connectivity index (χ4v) is 2.56. The molecule has 0 saturated heterocycles. The highest BCUT2D eigenvalue weighted by Crippen LogP contribution is 2.30. The fraction of sp³-hybridized carbons (Fsp3) is 0.467. The number of aryl methyl sites for hydroxylation is 2. The summed E-state index contributed by atoms with van der Waals surface area (Å²) < 4.78 is 5.36. The number of aromatic nitrogens is 2. The number of anilines is 1. The summed E-state index contributed by atoms with van der Waals surface area (Å²) in [7, 11) is 0. The summed E-state index contributed by atoms with van der Waals surface area (Å²) in [5.74, 6) is 2.67. The van der Waals surface area contributed by atoms with Gasteiger partial charge in [0.1, 0.15) is 11.6 Å². The Bertz CT molecular complexity index is 589. The van der Waals surface area contributed by atoms with Gasteiger partial charge in [-0.05, 0) is 38.7 Å². The zero-order valence-corrected chi connectivity index (χ0v) is 11.5. The average Bonchev–Trinajstić information content (AvgIpc) is 3.03. The molecule has 0 bridgehead atoms. The molecule has 0 aromatic carbocycles. The molecule has 0 radical (unpaired) electrons. The minimum Gasteiger partial charge on any atom is -0.469 e. The number of nitrogens with zero attached hydrogens (tertiary/aromatic N) is 2. The van der Waals surface area contributed by atoms with Crippen LogP contribution in [-0.2, 0) is 12.8 Å². The van der Waals surface area contributed by atoms with Gasteiger partial charge in [0.15, 0.2) is 5.82 Å². The topological polar surface area (TPSA) is 51.0 Å². The molecule has 2 heterocycles. The van der Waals surface area contributed by atoms with E-state index in [1.54, 1.807) is 6.26 Å². The third-order valence-corrected chi connectivity index (χ3v) is 3.58. The van der Waals surface area contributed by atoms with Crippen molar-refractivity contribution in [3.63, 3.8) is 0 Å². The van der Waals surface area contributed by atoms with Gasteiger partial charge in [-0.2, -0.15) is 0 Å². The summed E-state index contributed by atoms with van der Waals surface area (Å²) in [5.41, 5.74) is 3.50. The van der Waals surface area contributed by atoms with Crippen LogP contribution < -0.4 is 5.32 Å². The third-order valence-electron chi connectivity index (χ3n) is 3.58. The van der Waals surface area contributed by atoms with Gasteiger partial charge in [0.25, 0.3) is 0 Å². The van der Waals surface area contributed by atoms with Crippen LogP contribution in [0.1, 0.15) is 36.8 Å². The van der Waals surface area contributed by atoms with E-state index in [4.69, 9.17) is 14.4 Å². The van der Waals surface area contributed by atoms with E-state index < -0.39 is 0 Å². The van der Waals surface area contributed by atoms with Crippen LogP contribution in [0, 0.1) is 6.92 Å². The molecule has 0 spiro atoms. The molecule has 0 saturated carbocycles. The zero-order valence-electron chi connectivity index (χ0n) is 11.5. The average molecular weight is 257 g/mol. The van der Waals surface area contributed by atoms with Gasteiger partial charge in [-0.1, -0.05) is 6.92 Å². The van der Waals surface area contributed by atoms with Crippen LogP contribution in [0.25, 0.3) is 11.4 Å². The number of fused-ring (bicyclic) bond motifs is 1. The van der Waals surface area contributed by atoms with Crippen molar-refractivity contribution in [2.75, 3.05) is 11.9 Å². The molecule has 4 heteroatoms. The van der Waals surface area contributed by atoms with Crippen molar-refractivity contribution in [2.24, 2.45) is 0 Å². The molecule has 0 amide bonds. The Hall–Kier alpha value is -1.84. The van der Waals surface area contributed by atoms with Gasteiger partial charge in [0.05, 0.1) is 11.8 Å². The smallest absolute Gasteiger partial charge is 0.165 e. The molecule has 1 aliphatic carbocycles. The van der Waals surface area contributed by atoms with Crippen molar-refractivity contribution in [3.05, 3.63) is 29.3 Å². The Morgan fingerprint density at radius 2 is 2.21 bits per heavy atom. The van der Waals surface area contributed by atoms with Crippen molar-refractivity contribution >= 4 is 5.82 Å². The van der Waals surface area contributed by atoms with Crippen molar-refractivity contribution in [1.29, 1.82) is 0 Å². The maximum atomic E-state index is 5.36. The van der Waals surface area contributed by atoms with E-state index in [0.717, 1.165) is 48.8 Å². The van der Waals surface area contributed by atoms with Crippen LogP contribution in [0.2, 0.25) is 0 Å². The van der Waals surface area contributed by atoms with Crippen molar-refractivity contribution in [2.45, 2.75) is 39.5 Å². The summed E-state index contributed by atoms with van der Waals surface area (Å²) in [5, 5.41) is 3.43. The summed E-state index contributed by atoms with van der Waals surface area (Å²) >= 11 is 0. The quantitative estimate of drug-likeness (QED) is 0.912.